The Morgan fingerprint density at radius 1 is 1.15 bits per heavy atom. The van der Waals surface area contributed by atoms with Gasteiger partial charge in [-0.1, -0.05) is 47.7 Å². The minimum absolute atomic E-state index is 0.180. The number of carbonyl (C=O) groups excluding carboxylic acids is 1. The van der Waals surface area contributed by atoms with Crippen LogP contribution in [0.2, 0.25) is 0 Å². The molecule has 0 aliphatic heterocycles. The molecular formula is C20H20N4O2S. The first-order chi connectivity index (χ1) is 12.9. The number of nitrogen functional groups attached to an aromatic ring is 1. The molecule has 3 N–H and O–H groups in total. The van der Waals surface area contributed by atoms with Crippen molar-refractivity contribution < 1.29 is 4.79 Å². The molecule has 1 heterocycles. The maximum Gasteiger partial charge on any atom is 0.275 e. The summed E-state index contributed by atoms with van der Waals surface area (Å²) in [7, 11) is 0. The lowest BCUT2D eigenvalue weighted by Gasteiger charge is -2.17. The number of aromatic nitrogens is 2. The van der Waals surface area contributed by atoms with Crippen LogP contribution in [0, 0.1) is 6.92 Å². The molecule has 1 aromatic heterocycles. The Labute approximate surface area is 161 Å². The van der Waals surface area contributed by atoms with Crippen molar-refractivity contribution in [2.45, 2.75) is 24.3 Å². The molecule has 0 aliphatic rings. The first-order valence-electron chi connectivity index (χ1n) is 8.43. The van der Waals surface area contributed by atoms with Gasteiger partial charge in [0.1, 0.15) is 5.82 Å². The summed E-state index contributed by atoms with van der Waals surface area (Å²) in [5, 5.41) is 2.77. The lowest BCUT2D eigenvalue weighted by Crippen LogP contribution is -2.24. The SMILES string of the molecule is Cc1ccc(NC(=O)[C@H](C)Sc2nc(=O)cc(N)n2-c2ccccc2)cc1. The smallest absolute Gasteiger partial charge is 0.275 e. The van der Waals surface area contributed by atoms with Crippen LogP contribution in [0.15, 0.2) is 70.6 Å². The van der Waals surface area contributed by atoms with Gasteiger partial charge in [-0.15, -0.1) is 0 Å². The molecule has 0 radical (unpaired) electrons. The molecule has 1 atom stereocenters. The molecule has 0 spiro atoms. The van der Waals surface area contributed by atoms with Crippen LogP contribution in [0.3, 0.4) is 0 Å². The molecular weight excluding hydrogens is 360 g/mol. The summed E-state index contributed by atoms with van der Waals surface area (Å²) >= 11 is 1.18. The number of aryl methyl sites for hydroxylation is 1. The van der Waals surface area contributed by atoms with E-state index in [1.165, 1.54) is 17.8 Å². The summed E-state index contributed by atoms with van der Waals surface area (Å²) in [6, 6.07) is 18.2. The van der Waals surface area contributed by atoms with E-state index in [-0.39, 0.29) is 11.7 Å². The molecule has 0 bridgehead atoms. The first kappa shape index (κ1) is 18.7. The number of nitrogens with one attached hydrogen (secondary N) is 1. The van der Waals surface area contributed by atoms with Gasteiger partial charge in [0.25, 0.3) is 5.56 Å². The van der Waals surface area contributed by atoms with Crippen molar-refractivity contribution >= 4 is 29.2 Å². The Kier molecular flexibility index (Phi) is 5.61. The fourth-order valence-electron chi connectivity index (χ4n) is 2.49. The van der Waals surface area contributed by atoms with Crippen molar-refractivity contribution in [3.8, 4) is 5.69 Å². The normalized spacial score (nSPS) is 11.8. The Bertz CT molecular complexity index is 1000. The quantitative estimate of drug-likeness (QED) is 0.524. The highest BCUT2D eigenvalue weighted by Gasteiger charge is 2.19. The summed E-state index contributed by atoms with van der Waals surface area (Å²) < 4.78 is 1.67. The van der Waals surface area contributed by atoms with Gasteiger partial charge in [0.2, 0.25) is 5.91 Å². The fraction of sp³-hybridized carbons (Fsp3) is 0.150. The van der Waals surface area contributed by atoms with E-state index in [1.807, 2.05) is 61.5 Å². The van der Waals surface area contributed by atoms with E-state index in [9.17, 15) is 9.59 Å². The van der Waals surface area contributed by atoms with Gasteiger partial charge in [0.05, 0.1) is 5.25 Å². The Hall–Kier alpha value is -3.06. The number of anilines is 2. The maximum atomic E-state index is 12.5. The number of thioether (sulfide) groups is 1. The standard InChI is InChI=1S/C20H20N4O2S/c1-13-8-10-15(11-9-13)22-19(26)14(2)27-20-23-18(25)12-17(21)24(20)16-6-4-3-5-7-16/h3-12,14H,21H2,1-2H3,(H,22,26)/t14-/m0/s1. The summed E-state index contributed by atoms with van der Waals surface area (Å²) in [6.45, 7) is 3.75. The number of nitrogens with zero attached hydrogens (tertiary/aromatic N) is 2. The number of hydrogen-bond donors (Lipinski definition) is 2. The van der Waals surface area contributed by atoms with Gasteiger partial charge in [0, 0.05) is 17.4 Å². The maximum absolute atomic E-state index is 12.5. The second-order valence-electron chi connectivity index (χ2n) is 6.09. The second kappa shape index (κ2) is 8.09. The third-order valence-corrected chi connectivity index (χ3v) is 4.96. The summed E-state index contributed by atoms with van der Waals surface area (Å²) in [4.78, 5) is 28.5. The van der Waals surface area contributed by atoms with E-state index in [2.05, 4.69) is 10.3 Å². The van der Waals surface area contributed by atoms with E-state index < -0.39 is 10.8 Å². The molecule has 138 valence electrons. The number of amides is 1. The van der Waals surface area contributed by atoms with Gasteiger partial charge in [-0.2, -0.15) is 4.98 Å². The average molecular weight is 380 g/mol. The fourth-order valence-corrected chi connectivity index (χ4v) is 3.43. The highest BCUT2D eigenvalue weighted by molar-refractivity contribution is 8.00. The van der Waals surface area contributed by atoms with Crippen LogP contribution in [0.25, 0.3) is 5.69 Å². The molecule has 0 aliphatic carbocycles. The van der Waals surface area contributed by atoms with E-state index in [1.54, 1.807) is 11.5 Å². The molecule has 27 heavy (non-hydrogen) atoms. The second-order valence-corrected chi connectivity index (χ2v) is 7.40. The highest BCUT2D eigenvalue weighted by atomic mass is 32.2. The average Bonchev–Trinajstić information content (AvgIpc) is 2.64. The van der Waals surface area contributed by atoms with Gasteiger partial charge in [0.15, 0.2) is 5.16 Å². The van der Waals surface area contributed by atoms with Crippen LogP contribution in [-0.4, -0.2) is 20.7 Å². The molecule has 3 rings (SSSR count). The zero-order chi connectivity index (χ0) is 19.4. The lowest BCUT2D eigenvalue weighted by atomic mass is 10.2. The highest BCUT2D eigenvalue weighted by Crippen LogP contribution is 2.26. The molecule has 6 nitrogen and oxygen atoms in total. The summed E-state index contributed by atoms with van der Waals surface area (Å²) in [5.41, 5.74) is 8.23. The number of carbonyl (C=O) groups is 1. The zero-order valence-electron chi connectivity index (χ0n) is 15.0. The molecule has 3 aromatic rings. The molecule has 0 saturated heterocycles. The van der Waals surface area contributed by atoms with Crippen LogP contribution >= 0.6 is 11.8 Å². The van der Waals surface area contributed by atoms with Gasteiger partial charge in [-0.3, -0.25) is 14.2 Å². The van der Waals surface area contributed by atoms with Crippen molar-refractivity contribution in [1.29, 1.82) is 0 Å². The van der Waals surface area contributed by atoms with Crippen LogP contribution in [0.5, 0.6) is 0 Å². The van der Waals surface area contributed by atoms with E-state index in [0.29, 0.717) is 5.16 Å². The monoisotopic (exact) mass is 380 g/mol. The van der Waals surface area contributed by atoms with Crippen molar-refractivity contribution in [2.75, 3.05) is 11.1 Å². The van der Waals surface area contributed by atoms with Crippen LogP contribution in [-0.2, 0) is 4.79 Å². The molecule has 0 unspecified atom stereocenters. The van der Waals surface area contributed by atoms with Gasteiger partial charge < -0.3 is 11.1 Å². The van der Waals surface area contributed by atoms with E-state index in [4.69, 9.17) is 5.73 Å². The Morgan fingerprint density at radius 2 is 1.81 bits per heavy atom. The third-order valence-electron chi connectivity index (χ3n) is 3.91. The molecule has 1 amide bonds. The van der Waals surface area contributed by atoms with Crippen molar-refractivity contribution in [3.05, 3.63) is 76.6 Å². The molecule has 7 heteroatoms. The van der Waals surface area contributed by atoms with Crippen LogP contribution in [0.1, 0.15) is 12.5 Å². The minimum atomic E-state index is -0.477. The summed E-state index contributed by atoms with van der Waals surface area (Å²) in [5.74, 6) is 0.0926. The lowest BCUT2D eigenvalue weighted by molar-refractivity contribution is -0.115. The minimum Gasteiger partial charge on any atom is -0.385 e. The van der Waals surface area contributed by atoms with Crippen LogP contribution < -0.4 is 16.6 Å². The number of hydrogen-bond acceptors (Lipinski definition) is 5. The molecule has 0 saturated carbocycles. The number of benzene rings is 2. The summed E-state index contributed by atoms with van der Waals surface area (Å²) in [6.07, 6.45) is 0. The largest absolute Gasteiger partial charge is 0.385 e. The van der Waals surface area contributed by atoms with Gasteiger partial charge >= 0.3 is 0 Å². The van der Waals surface area contributed by atoms with Crippen molar-refractivity contribution in [3.63, 3.8) is 0 Å². The van der Waals surface area contributed by atoms with Crippen molar-refractivity contribution in [2.24, 2.45) is 0 Å². The van der Waals surface area contributed by atoms with Gasteiger partial charge in [-0.05, 0) is 38.1 Å². The zero-order valence-corrected chi connectivity index (χ0v) is 15.9. The topological polar surface area (TPSA) is 90.0 Å². The van der Waals surface area contributed by atoms with Crippen molar-refractivity contribution in [1.82, 2.24) is 9.55 Å². The van der Waals surface area contributed by atoms with E-state index >= 15 is 0 Å². The number of nitrogens with two attached hydrogens (primary N) is 1. The van der Waals surface area contributed by atoms with Gasteiger partial charge in [-0.25, -0.2) is 0 Å². The van der Waals surface area contributed by atoms with Crippen LogP contribution in [0.4, 0.5) is 11.5 Å². The predicted molar refractivity (Wildman–Crippen MR) is 109 cm³/mol. The Balaban J connectivity index is 1.85. The van der Waals surface area contributed by atoms with E-state index in [0.717, 1.165) is 16.9 Å². The predicted octanol–water partition coefficient (Wildman–Crippen LogP) is 3.24. The number of para-hydroxylation sites is 1. The molecule has 0 fully saturated rings. The molecule has 2 aromatic carbocycles. The first-order valence-corrected chi connectivity index (χ1v) is 9.31. The third kappa shape index (κ3) is 4.57. The number of rotatable bonds is 5. The Morgan fingerprint density at radius 3 is 2.48 bits per heavy atom.